The quantitative estimate of drug-likeness (QED) is 0.723. The number of nitrogens with one attached hydrogen (secondary N) is 1. The molecule has 3 aromatic rings. The van der Waals surface area contributed by atoms with Crippen LogP contribution in [0, 0.1) is 0 Å². The van der Waals surface area contributed by atoms with Crippen LogP contribution in [0.3, 0.4) is 0 Å². The van der Waals surface area contributed by atoms with E-state index in [0.29, 0.717) is 41.0 Å². The molecule has 0 saturated carbocycles. The van der Waals surface area contributed by atoms with Gasteiger partial charge >= 0.3 is 0 Å². The second-order valence-corrected chi connectivity index (χ2v) is 6.73. The standard InChI is InChI=1S/C17H16Cl2N2O4/c1-22-8-12-9-23-17(25-12,7-15-20-2-3-21-15)14-5-10-4-11(18)6-13(19)16(10)24-14/h2-6,12H,7-9H2,1H3,(H,20,21). The highest BCUT2D eigenvalue weighted by Gasteiger charge is 2.47. The Labute approximate surface area is 154 Å². The number of halogens is 2. The van der Waals surface area contributed by atoms with Gasteiger partial charge in [-0.15, -0.1) is 0 Å². The summed E-state index contributed by atoms with van der Waals surface area (Å²) in [6.45, 7) is 0.812. The highest BCUT2D eigenvalue weighted by atomic mass is 35.5. The Bertz CT molecular complexity index is 880. The summed E-state index contributed by atoms with van der Waals surface area (Å²) in [7, 11) is 1.62. The average Bonchev–Trinajstić information content (AvgIpc) is 3.28. The molecule has 2 aromatic heterocycles. The number of imidazole rings is 1. The van der Waals surface area contributed by atoms with Crippen molar-refractivity contribution < 1.29 is 18.6 Å². The van der Waals surface area contributed by atoms with Gasteiger partial charge in [0.25, 0.3) is 0 Å². The molecule has 1 saturated heterocycles. The van der Waals surface area contributed by atoms with E-state index in [1.165, 1.54) is 0 Å². The summed E-state index contributed by atoms with van der Waals surface area (Å²) in [5, 5.41) is 1.76. The van der Waals surface area contributed by atoms with Gasteiger partial charge in [0.05, 0.1) is 24.7 Å². The molecule has 1 aliphatic rings. The number of nitrogens with zero attached hydrogens (tertiary/aromatic N) is 1. The highest BCUT2D eigenvalue weighted by molar-refractivity contribution is 6.38. The lowest BCUT2D eigenvalue weighted by atomic mass is 10.1. The monoisotopic (exact) mass is 382 g/mol. The zero-order chi connectivity index (χ0) is 17.4. The largest absolute Gasteiger partial charge is 0.454 e. The molecule has 0 aliphatic carbocycles. The number of hydrogen-bond donors (Lipinski definition) is 1. The van der Waals surface area contributed by atoms with Gasteiger partial charge in [-0.1, -0.05) is 23.2 Å². The van der Waals surface area contributed by atoms with Crippen molar-refractivity contribution in [2.45, 2.75) is 18.3 Å². The lowest BCUT2D eigenvalue weighted by Crippen LogP contribution is -2.31. The number of fused-ring (bicyclic) bond motifs is 1. The van der Waals surface area contributed by atoms with Crippen LogP contribution in [0.4, 0.5) is 0 Å². The van der Waals surface area contributed by atoms with E-state index in [1.54, 1.807) is 31.6 Å². The Morgan fingerprint density at radius 3 is 3.00 bits per heavy atom. The van der Waals surface area contributed by atoms with Gasteiger partial charge in [-0.25, -0.2) is 4.98 Å². The average molecular weight is 383 g/mol. The fraction of sp³-hybridized carbons (Fsp3) is 0.353. The molecule has 0 radical (unpaired) electrons. The van der Waals surface area contributed by atoms with Crippen molar-refractivity contribution in [3.63, 3.8) is 0 Å². The maximum absolute atomic E-state index is 6.25. The maximum Gasteiger partial charge on any atom is 0.236 e. The van der Waals surface area contributed by atoms with Crippen LogP contribution in [0.25, 0.3) is 11.0 Å². The van der Waals surface area contributed by atoms with E-state index >= 15 is 0 Å². The van der Waals surface area contributed by atoms with Crippen molar-refractivity contribution in [3.05, 3.63) is 52.2 Å². The minimum atomic E-state index is -1.10. The molecule has 0 bridgehead atoms. The van der Waals surface area contributed by atoms with Gasteiger partial charge < -0.3 is 23.6 Å². The molecule has 0 spiro atoms. The molecule has 132 valence electrons. The number of hydrogen-bond acceptors (Lipinski definition) is 5. The molecule has 2 unspecified atom stereocenters. The van der Waals surface area contributed by atoms with Crippen LogP contribution in [0.5, 0.6) is 0 Å². The smallest absolute Gasteiger partial charge is 0.236 e. The first-order valence-corrected chi connectivity index (χ1v) is 8.53. The molecule has 6 nitrogen and oxygen atoms in total. The van der Waals surface area contributed by atoms with Gasteiger partial charge in [0.1, 0.15) is 11.9 Å². The molecular formula is C17H16Cl2N2O4. The summed E-state index contributed by atoms with van der Waals surface area (Å²) in [6, 6.07) is 5.27. The predicted molar refractivity (Wildman–Crippen MR) is 92.9 cm³/mol. The van der Waals surface area contributed by atoms with Crippen molar-refractivity contribution in [3.8, 4) is 0 Å². The molecule has 0 amide bonds. The van der Waals surface area contributed by atoms with Crippen LogP contribution in [-0.4, -0.2) is 36.4 Å². The zero-order valence-corrected chi connectivity index (χ0v) is 14.9. The fourth-order valence-electron chi connectivity index (χ4n) is 3.02. The zero-order valence-electron chi connectivity index (χ0n) is 13.4. The van der Waals surface area contributed by atoms with Crippen LogP contribution in [-0.2, 0) is 26.4 Å². The normalized spacial score (nSPS) is 23.6. The third kappa shape index (κ3) is 3.16. The Hall–Kier alpha value is -1.57. The van der Waals surface area contributed by atoms with Crippen molar-refractivity contribution >= 4 is 34.2 Å². The minimum Gasteiger partial charge on any atom is -0.454 e. The SMILES string of the molecule is COCC1COC(Cc2ncc[nH]2)(c2cc3cc(Cl)cc(Cl)c3o2)O1. The van der Waals surface area contributed by atoms with E-state index < -0.39 is 5.79 Å². The summed E-state index contributed by atoms with van der Waals surface area (Å²) in [5.74, 6) is 0.139. The number of aromatic nitrogens is 2. The van der Waals surface area contributed by atoms with Crippen molar-refractivity contribution in [1.29, 1.82) is 0 Å². The van der Waals surface area contributed by atoms with Crippen LogP contribution in [0.2, 0.25) is 10.0 Å². The van der Waals surface area contributed by atoms with Crippen LogP contribution in [0.1, 0.15) is 11.6 Å². The number of furan rings is 1. The summed E-state index contributed by atoms with van der Waals surface area (Å²) in [5.41, 5.74) is 0.544. The van der Waals surface area contributed by atoms with E-state index in [2.05, 4.69) is 9.97 Å². The second kappa shape index (κ2) is 6.63. The van der Waals surface area contributed by atoms with Gasteiger partial charge in [0, 0.05) is 29.9 Å². The van der Waals surface area contributed by atoms with Crippen molar-refractivity contribution in [2.24, 2.45) is 0 Å². The molecule has 1 fully saturated rings. The molecule has 25 heavy (non-hydrogen) atoms. The number of methoxy groups -OCH3 is 1. The van der Waals surface area contributed by atoms with Crippen molar-refractivity contribution in [2.75, 3.05) is 20.3 Å². The van der Waals surface area contributed by atoms with E-state index in [-0.39, 0.29) is 6.10 Å². The van der Waals surface area contributed by atoms with E-state index in [9.17, 15) is 0 Å². The Morgan fingerprint density at radius 1 is 1.36 bits per heavy atom. The van der Waals surface area contributed by atoms with Gasteiger partial charge in [-0.2, -0.15) is 0 Å². The van der Waals surface area contributed by atoms with E-state index in [0.717, 1.165) is 11.2 Å². The topological polar surface area (TPSA) is 69.5 Å². The maximum atomic E-state index is 6.25. The minimum absolute atomic E-state index is 0.202. The molecule has 1 aliphatic heterocycles. The summed E-state index contributed by atoms with van der Waals surface area (Å²) >= 11 is 12.3. The van der Waals surface area contributed by atoms with Crippen LogP contribution >= 0.6 is 23.2 Å². The van der Waals surface area contributed by atoms with Gasteiger partial charge in [0.15, 0.2) is 11.3 Å². The summed E-state index contributed by atoms with van der Waals surface area (Å²) in [6.07, 6.45) is 3.60. The number of benzene rings is 1. The summed E-state index contributed by atoms with van der Waals surface area (Å²) < 4.78 is 23.4. The van der Waals surface area contributed by atoms with E-state index in [4.69, 9.17) is 41.8 Å². The molecule has 1 N–H and O–H groups in total. The van der Waals surface area contributed by atoms with Gasteiger partial charge in [0.2, 0.25) is 5.79 Å². The molecule has 1 aromatic carbocycles. The van der Waals surface area contributed by atoms with Gasteiger partial charge in [-0.05, 0) is 18.2 Å². The van der Waals surface area contributed by atoms with E-state index in [1.807, 2.05) is 6.07 Å². The highest BCUT2D eigenvalue weighted by Crippen LogP contribution is 2.41. The first-order chi connectivity index (χ1) is 12.1. The molecule has 4 rings (SSSR count). The summed E-state index contributed by atoms with van der Waals surface area (Å²) in [4.78, 5) is 7.34. The number of ether oxygens (including phenoxy) is 3. The lowest BCUT2D eigenvalue weighted by molar-refractivity contribution is -0.192. The van der Waals surface area contributed by atoms with Crippen LogP contribution in [0.15, 0.2) is 35.0 Å². The third-order valence-corrected chi connectivity index (χ3v) is 4.58. The Morgan fingerprint density at radius 2 is 2.24 bits per heavy atom. The lowest BCUT2D eigenvalue weighted by Gasteiger charge is -2.25. The van der Waals surface area contributed by atoms with Gasteiger partial charge in [-0.3, -0.25) is 0 Å². The van der Waals surface area contributed by atoms with Crippen molar-refractivity contribution in [1.82, 2.24) is 9.97 Å². The first kappa shape index (κ1) is 16.9. The molecular weight excluding hydrogens is 367 g/mol. The fourth-order valence-corrected chi connectivity index (χ4v) is 3.57. The Kier molecular flexibility index (Phi) is 4.47. The first-order valence-electron chi connectivity index (χ1n) is 7.78. The molecule has 3 heterocycles. The predicted octanol–water partition coefficient (Wildman–Crippen LogP) is 3.92. The molecule has 2 atom stereocenters. The number of aromatic amines is 1. The number of rotatable bonds is 5. The third-order valence-electron chi connectivity index (χ3n) is 4.08. The molecule has 8 heteroatoms. The second-order valence-electron chi connectivity index (χ2n) is 5.89. The Balaban J connectivity index is 1.77. The van der Waals surface area contributed by atoms with Crippen LogP contribution < -0.4 is 0 Å². The number of H-pyrrole nitrogens is 1.